The fourth-order valence-corrected chi connectivity index (χ4v) is 2.22. The lowest BCUT2D eigenvalue weighted by molar-refractivity contribution is 0.536. The molecule has 0 saturated heterocycles. The molecular weight excluding hydrogens is 283 g/mol. The fraction of sp³-hybridized carbons (Fsp3) is 0.231. The maximum Gasteiger partial charge on any atom is 0.0773 e. The Bertz CT molecular complexity index is 557. The average molecular weight is 297 g/mol. The molecule has 0 fully saturated rings. The number of hydrazine groups is 1. The molecule has 1 aromatic heterocycles. The van der Waals surface area contributed by atoms with E-state index in [1.165, 1.54) is 0 Å². The third-order valence-electron chi connectivity index (χ3n) is 2.80. The maximum absolute atomic E-state index is 6.15. The van der Waals surface area contributed by atoms with E-state index in [0.717, 1.165) is 17.0 Å². The first-order valence-corrected chi connectivity index (χ1v) is 6.54. The van der Waals surface area contributed by atoms with Crippen molar-refractivity contribution in [3.05, 3.63) is 57.6 Å². The number of nitrogens with one attached hydrogen (secondary N) is 1. The summed E-state index contributed by atoms with van der Waals surface area (Å²) in [4.78, 5) is 8.53. The standard InChI is InChI=1S/C13H14Cl2N4/c1-8-6-18-13(7-17-8)12(19-16)4-9-2-3-10(14)5-11(9)15/h2-3,5-7,12,19H,4,16H2,1H3. The van der Waals surface area contributed by atoms with Gasteiger partial charge in [0, 0.05) is 16.2 Å². The van der Waals surface area contributed by atoms with Crippen molar-refractivity contribution in [2.75, 3.05) is 0 Å². The molecule has 0 aliphatic carbocycles. The first kappa shape index (κ1) is 14.2. The molecule has 6 heteroatoms. The second-order valence-electron chi connectivity index (χ2n) is 4.24. The van der Waals surface area contributed by atoms with Crippen LogP contribution in [0.2, 0.25) is 10.0 Å². The van der Waals surface area contributed by atoms with Crippen LogP contribution in [0.25, 0.3) is 0 Å². The maximum atomic E-state index is 6.15. The van der Waals surface area contributed by atoms with Crippen LogP contribution in [0.4, 0.5) is 0 Å². The SMILES string of the molecule is Cc1cnc(C(Cc2ccc(Cl)cc2Cl)NN)cn1. The summed E-state index contributed by atoms with van der Waals surface area (Å²) < 4.78 is 0. The second-order valence-corrected chi connectivity index (χ2v) is 5.09. The summed E-state index contributed by atoms with van der Waals surface area (Å²) in [5.74, 6) is 5.58. The molecular formula is C13H14Cl2N4. The molecule has 0 aliphatic heterocycles. The molecule has 3 N–H and O–H groups in total. The minimum absolute atomic E-state index is 0.147. The Labute approximate surface area is 121 Å². The van der Waals surface area contributed by atoms with Crippen LogP contribution in [0, 0.1) is 6.92 Å². The molecule has 1 unspecified atom stereocenters. The Morgan fingerprint density at radius 3 is 2.63 bits per heavy atom. The van der Waals surface area contributed by atoms with Crippen LogP contribution in [0.5, 0.6) is 0 Å². The summed E-state index contributed by atoms with van der Waals surface area (Å²) in [5, 5.41) is 1.23. The highest BCUT2D eigenvalue weighted by atomic mass is 35.5. The Hall–Kier alpha value is -1.20. The average Bonchev–Trinajstić information content (AvgIpc) is 2.39. The zero-order valence-electron chi connectivity index (χ0n) is 10.4. The minimum atomic E-state index is -0.147. The summed E-state index contributed by atoms with van der Waals surface area (Å²) in [5.41, 5.74) is 5.33. The number of rotatable bonds is 4. The Morgan fingerprint density at radius 1 is 1.26 bits per heavy atom. The molecule has 1 atom stereocenters. The van der Waals surface area contributed by atoms with E-state index in [2.05, 4.69) is 15.4 Å². The molecule has 0 saturated carbocycles. The van der Waals surface area contributed by atoms with Crippen LogP contribution >= 0.6 is 23.2 Å². The topological polar surface area (TPSA) is 63.8 Å². The third kappa shape index (κ3) is 3.64. The number of hydrogen-bond donors (Lipinski definition) is 2. The van der Waals surface area contributed by atoms with Gasteiger partial charge in [-0.05, 0) is 31.0 Å². The number of nitrogens with zero attached hydrogens (tertiary/aromatic N) is 2. The first-order valence-electron chi connectivity index (χ1n) is 5.78. The smallest absolute Gasteiger partial charge is 0.0773 e. The largest absolute Gasteiger partial charge is 0.271 e. The van der Waals surface area contributed by atoms with Crippen molar-refractivity contribution in [3.63, 3.8) is 0 Å². The number of benzene rings is 1. The lowest BCUT2D eigenvalue weighted by Crippen LogP contribution is -2.30. The first-order chi connectivity index (χ1) is 9.10. The van der Waals surface area contributed by atoms with Crippen molar-refractivity contribution in [3.8, 4) is 0 Å². The van der Waals surface area contributed by atoms with Gasteiger partial charge in [0.25, 0.3) is 0 Å². The van der Waals surface area contributed by atoms with Gasteiger partial charge in [0.05, 0.1) is 23.6 Å². The fourth-order valence-electron chi connectivity index (χ4n) is 1.74. The van der Waals surface area contributed by atoms with E-state index in [-0.39, 0.29) is 6.04 Å². The van der Waals surface area contributed by atoms with E-state index in [1.54, 1.807) is 24.5 Å². The lowest BCUT2D eigenvalue weighted by atomic mass is 10.0. The van der Waals surface area contributed by atoms with Crippen molar-refractivity contribution in [1.82, 2.24) is 15.4 Å². The molecule has 19 heavy (non-hydrogen) atoms. The van der Waals surface area contributed by atoms with Crippen LogP contribution in [-0.4, -0.2) is 9.97 Å². The molecule has 4 nitrogen and oxygen atoms in total. The van der Waals surface area contributed by atoms with Gasteiger partial charge in [0.15, 0.2) is 0 Å². The summed E-state index contributed by atoms with van der Waals surface area (Å²) >= 11 is 12.0. The molecule has 0 amide bonds. The highest BCUT2D eigenvalue weighted by molar-refractivity contribution is 6.35. The molecule has 0 spiro atoms. The van der Waals surface area contributed by atoms with Gasteiger partial charge < -0.3 is 0 Å². The summed E-state index contributed by atoms with van der Waals surface area (Å²) in [6.07, 6.45) is 4.04. The zero-order chi connectivity index (χ0) is 13.8. The van der Waals surface area contributed by atoms with Crippen molar-refractivity contribution < 1.29 is 0 Å². The molecule has 2 aromatic rings. The summed E-state index contributed by atoms with van der Waals surface area (Å²) in [6, 6.07) is 5.26. The van der Waals surface area contributed by atoms with Gasteiger partial charge in [0.2, 0.25) is 0 Å². The Balaban J connectivity index is 2.21. The van der Waals surface area contributed by atoms with E-state index in [0.29, 0.717) is 16.5 Å². The van der Waals surface area contributed by atoms with E-state index in [1.807, 2.05) is 13.0 Å². The molecule has 1 heterocycles. The number of halogens is 2. The molecule has 1 aromatic carbocycles. The van der Waals surface area contributed by atoms with Gasteiger partial charge in [-0.15, -0.1) is 0 Å². The highest BCUT2D eigenvalue weighted by Gasteiger charge is 2.14. The predicted molar refractivity (Wildman–Crippen MR) is 77.0 cm³/mol. The van der Waals surface area contributed by atoms with Crippen molar-refractivity contribution in [2.24, 2.45) is 5.84 Å². The van der Waals surface area contributed by atoms with E-state index in [9.17, 15) is 0 Å². The van der Waals surface area contributed by atoms with Gasteiger partial charge in [-0.3, -0.25) is 21.2 Å². The van der Waals surface area contributed by atoms with E-state index >= 15 is 0 Å². The van der Waals surface area contributed by atoms with E-state index < -0.39 is 0 Å². The Morgan fingerprint density at radius 2 is 2.05 bits per heavy atom. The lowest BCUT2D eigenvalue weighted by Gasteiger charge is -2.16. The van der Waals surface area contributed by atoms with Gasteiger partial charge in [-0.2, -0.15) is 0 Å². The third-order valence-corrected chi connectivity index (χ3v) is 3.39. The van der Waals surface area contributed by atoms with Crippen molar-refractivity contribution in [2.45, 2.75) is 19.4 Å². The van der Waals surface area contributed by atoms with Gasteiger partial charge in [-0.1, -0.05) is 29.3 Å². The molecule has 0 aliphatic rings. The highest BCUT2D eigenvalue weighted by Crippen LogP contribution is 2.25. The quantitative estimate of drug-likeness (QED) is 0.673. The van der Waals surface area contributed by atoms with Crippen LogP contribution in [0.3, 0.4) is 0 Å². The molecule has 0 bridgehead atoms. The summed E-state index contributed by atoms with van der Waals surface area (Å²) in [7, 11) is 0. The molecule has 2 rings (SSSR count). The van der Waals surface area contributed by atoms with Gasteiger partial charge in [-0.25, -0.2) is 0 Å². The number of aromatic nitrogens is 2. The van der Waals surface area contributed by atoms with Crippen LogP contribution in [0.15, 0.2) is 30.6 Å². The Kier molecular flexibility index (Phi) is 4.71. The molecule has 100 valence electrons. The van der Waals surface area contributed by atoms with E-state index in [4.69, 9.17) is 29.0 Å². The zero-order valence-corrected chi connectivity index (χ0v) is 11.9. The van der Waals surface area contributed by atoms with Crippen molar-refractivity contribution >= 4 is 23.2 Å². The van der Waals surface area contributed by atoms with Crippen LogP contribution < -0.4 is 11.3 Å². The van der Waals surface area contributed by atoms with Crippen LogP contribution in [0.1, 0.15) is 23.0 Å². The van der Waals surface area contributed by atoms with Gasteiger partial charge in [0.1, 0.15) is 0 Å². The predicted octanol–water partition coefficient (Wildman–Crippen LogP) is 2.84. The number of nitrogens with two attached hydrogens (primary N) is 1. The minimum Gasteiger partial charge on any atom is -0.271 e. The van der Waals surface area contributed by atoms with Crippen LogP contribution in [-0.2, 0) is 6.42 Å². The number of aryl methyl sites for hydroxylation is 1. The normalized spacial score (nSPS) is 12.4. The van der Waals surface area contributed by atoms with Crippen molar-refractivity contribution in [1.29, 1.82) is 0 Å². The summed E-state index contributed by atoms with van der Waals surface area (Å²) in [6.45, 7) is 1.89. The second kappa shape index (κ2) is 6.30. The number of hydrogen-bond acceptors (Lipinski definition) is 4. The monoisotopic (exact) mass is 296 g/mol. The molecule has 0 radical (unpaired) electrons. The van der Waals surface area contributed by atoms with Gasteiger partial charge >= 0.3 is 0 Å².